The Labute approximate surface area is 163 Å². The van der Waals surface area contributed by atoms with Crippen molar-refractivity contribution in [3.8, 4) is 11.4 Å². The first-order valence-electron chi connectivity index (χ1n) is 8.69. The predicted octanol–water partition coefficient (Wildman–Crippen LogP) is 4.24. The van der Waals surface area contributed by atoms with E-state index in [1.165, 1.54) is 6.20 Å². The van der Waals surface area contributed by atoms with E-state index in [1.54, 1.807) is 49.3 Å². The van der Waals surface area contributed by atoms with E-state index in [4.69, 9.17) is 4.74 Å². The molecular weight excluding hydrogens is 385 g/mol. The number of aryl methyl sites for hydroxylation is 1. The van der Waals surface area contributed by atoms with Gasteiger partial charge < -0.3 is 10.1 Å². The van der Waals surface area contributed by atoms with Crippen LogP contribution in [0.25, 0.3) is 16.6 Å². The maximum atomic E-state index is 12.7. The second-order valence-electron chi connectivity index (χ2n) is 6.43. The molecule has 2 aromatic carbocycles. The molecule has 0 spiro atoms. The minimum Gasteiger partial charge on any atom is -0.494 e. The lowest BCUT2D eigenvalue weighted by Gasteiger charge is -2.12. The molecule has 150 valence electrons. The number of hydrogen-bond donors (Lipinski definition) is 1. The standard InChI is InChI=1S/C19H17F3N6O/c1-12-23-11-28(25-12)16-7-6-14(8-17(16)29-2)24-15-5-3-4-13-9-27(26-18(13)15)10-19(20,21)22/h3-9,11,24H,10H2,1-2H3. The first kappa shape index (κ1) is 18.8. The third-order valence-electron chi connectivity index (χ3n) is 4.24. The van der Waals surface area contributed by atoms with E-state index in [-0.39, 0.29) is 0 Å². The minimum absolute atomic E-state index is 0.451. The van der Waals surface area contributed by atoms with Gasteiger partial charge in [-0.05, 0) is 25.1 Å². The molecule has 29 heavy (non-hydrogen) atoms. The molecule has 2 aromatic heterocycles. The fourth-order valence-corrected chi connectivity index (χ4v) is 3.02. The summed E-state index contributed by atoms with van der Waals surface area (Å²) in [4.78, 5) is 4.11. The summed E-state index contributed by atoms with van der Waals surface area (Å²) in [6.45, 7) is 0.651. The number of ether oxygens (including phenoxy) is 1. The van der Waals surface area contributed by atoms with Gasteiger partial charge in [-0.2, -0.15) is 23.4 Å². The van der Waals surface area contributed by atoms with Gasteiger partial charge in [0.2, 0.25) is 0 Å². The summed E-state index contributed by atoms with van der Waals surface area (Å²) in [5.41, 5.74) is 2.45. The fourth-order valence-electron chi connectivity index (χ4n) is 3.02. The van der Waals surface area contributed by atoms with Crippen molar-refractivity contribution >= 4 is 22.3 Å². The molecule has 0 atom stereocenters. The molecule has 0 amide bonds. The van der Waals surface area contributed by atoms with E-state index < -0.39 is 12.7 Å². The topological polar surface area (TPSA) is 69.8 Å². The predicted molar refractivity (Wildman–Crippen MR) is 102 cm³/mol. The number of halogens is 3. The molecule has 4 rings (SSSR count). The molecule has 4 aromatic rings. The van der Waals surface area contributed by atoms with Crippen LogP contribution in [0.5, 0.6) is 5.75 Å². The van der Waals surface area contributed by atoms with Crippen molar-refractivity contribution < 1.29 is 17.9 Å². The van der Waals surface area contributed by atoms with E-state index in [0.717, 1.165) is 4.68 Å². The van der Waals surface area contributed by atoms with Gasteiger partial charge in [-0.3, -0.25) is 4.68 Å². The summed E-state index contributed by atoms with van der Waals surface area (Å²) in [5, 5.41) is 12.2. The molecule has 1 N–H and O–H groups in total. The van der Waals surface area contributed by atoms with Gasteiger partial charge in [-0.25, -0.2) is 9.67 Å². The molecule has 7 nitrogen and oxygen atoms in total. The molecule has 0 saturated heterocycles. The Morgan fingerprint density at radius 3 is 2.66 bits per heavy atom. The van der Waals surface area contributed by atoms with Crippen molar-refractivity contribution in [2.45, 2.75) is 19.6 Å². The van der Waals surface area contributed by atoms with Gasteiger partial charge in [-0.1, -0.05) is 12.1 Å². The highest BCUT2D eigenvalue weighted by atomic mass is 19.4. The number of rotatable bonds is 5. The van der Waals surface area contributed by atoms with E-state index in [9.17, 15) is 13.2 Å². The second-order valence-corrected chi connectivity index (χ2v) is 6.43. The van der Waals surface area contributed by atoms with Crippen LogP contribution in [0.1, 0.15) is 5.82 Å². The number of nitrogens with zero attached hydrogens (tertiary/aromatic N) is 5. The number of nitrogens with one attached hydrogen (secondary N) is 1. The normalized spacial score (nSPS) is 11.8. The van der Waals surface area contributed by atoms with Gasteiger partial charge in [-0.15, -0.1) is 0 Å². The van der Waals surface area contributed by atoms with Crippen LogP contribution in [0.4, 0.5) is 24.5 Å². The van der Waals surface area contributed by atoms with E-state index >= 15 is 0 Å². The first-order valence-corrected chi connectivity index (χ1v) is 8.69. The molecule has 0 aliphatic rings. The lowest BCUT2D eigenvalue weighted by Crippen LogP contribution is -2.17. The van der Waals surface area contributed by atoms with Crippen molar-refractivity contribution in [3.05, 3.63) is 54.7 Å². The first-order chi connectivity index (χ1) is 13.8. The number of hydrogen-bond acceptors (Lipinski definition) is 5. The largest absolute Gasteiger partial charge is 0.494 e. The van der Waals surface area contributed by atoms with Gasteiger partial charge in [0.1, 0.15) is 35.7 Å². The number of anilines is 2. The van der Waals surface area contributed by atoms with E-state index in [2.05, 4.69) is 20.5 Å². The maximum absolute atomic E-state index is 12.7. The Morgan fingerprint density at radius 2 is 1.97 bits per heavy atom. The highest BCUT2D eigenvalue weighted by molar-refractivity contribution is 5.92. The molecule has 0 fully saturated rings. The van der Waals surface area contributed by atoms with Crippen LogP contribution in [0, 0.1) is 6.92 Å². The Morgan fingerprint density at radius 1 is 1.14 bits per heavy atom. The lowest BCUT2D eigenvalue weighted by molar-refractivity contribution is -0.142. The summed E-state index contributed by atoms with van der Waals surface area (Å²) in [6.07, 6.45) is -1.36. The number of fused-ring (bicyclic) bond motifs is 1. The third-order valence-corrected chi connectivity index (χ3v) is 4.24. The van der Waals surface area contributed by atoms with Gasteiger partial charge in [0.05, 0.1) is 12.8 Å². The van der Waals surface area contributed by atoms with Gasteiger partial charge in [0.15, 0.2) is 0 Å². The lowest BCUT2D eigenvalue weighted by atomic mass is 10.2. The van der Waals surface area contributed by atoms with Crippen molar-refractivity contribution in [1.29, 1.82) is 0 Å². The molecule has 2 heterocycles. The van der Waals surface area contributed by atoms with Crippen molar-refractivity contribution in [3.63, 3.8) is 0 Å². The second kappa shape index (κ2) is 7.12. The number of aromatic nitrogens is 5. The summed E-state index contributed by atoms with van der Waals surface area (Å²) in [6, 6.07) is 10.6. The van der Waals surface area contributed by atoms with Gasteiger partial charge in [0.25, 0.3) is 0 Å². The molecular formula is C19H17F3N6O. The SMILES string of the molecule is COc1cc(Nc2cccc3cn(CC(F)(F)F)nc23)ccc1-n1cnc(C)n1. The van der Waals surface area contributed by atoms with E-state index in [0.29, 0.717) is 39.5 Å². The number of benzene rings is 2. The molecule has 0 unspecified atom stereocenters. The van der Waals surface area contributed by atoms with Crippen LogP contribution < -0.4 is 10.1 Å². The zero-order valence-electron chi connectivity index (χ0n) is 15.6. The Bertz CT molecular complexity index is 1160. The molecule has 10 heteroatoms. The monoisotopic (exact) mass is 402 g/mol. The zero-order valence-corrected chi connectivity index (χ0v) is 15.6. The summed E-state index contributed by atoms with van der Waals surface area (Å²) in [5.74, 6) is 1.20. The van der Waals surface area contributed by atoms with Crippen LogP contribution in [-0.2, 0) is 6.54 Å². The van der Waals surface area contributed by atoms with Crippen LogP contribution >= 0.6 is 0 Å². The zero-order chi connectivity index (χ0) is 20.6. The smallest absolute Gasteiger partial charge is 0.408 e. The number of methoxy groups -OCH3 is 1. The van der Waals surface area contributed by atoms with Crippen molar-refractivity contribution in [2.24, 2.45) is 0 Å². The minimum atomic E-state index is -4.33. The molecule has 0 bridgehead atoms. The average Bonchev–Trinajstić information content (AvgIpc) is 3.26. The number of alkyl halides is 3. The quantitative estimate of drug-likeness (QED) is 0.541. The third kappa shape index (κ3) is 4.00. The summed E-state index contributed by atoms with van der Waals surface area (Å²) < 4.78 is 46.0. The highest BCUT2D eigenvalue weighted by Gasteiger charge is 2.28. The Hall–Kier alpha value is -3.56. The van der Waals surface area contributed by atoms with Crippen molar-refractivity contribution in [2.75, 3.05) is 12.4 Å². The maximum Gasteiger partial charge on any atom is 0.408 e. The molecule has 0 radical (unpaired) electrons. The fraction of sp³-hybridized carbons (Fsp3) is 0.211. The van der Waals surface area contributed by atoms with Crippen LogP contribution in [0.15, 0.2) is 48.9 Å². The highest BCUT2D eigenvalue weighted by Crippen LogP contribution is 2.31. The van der Waals surface area contributed by atoms with Gasteiger partial charge in [0, 0.05) is 23.3 Å². The average molecular weight is 402 g/mol. The Balaban J connectivity index is 1.66. The Kier molecular flexibility index (Phi) is 4.61. The van der Waals surface area contributed by atoms with Crippen LogP contribution in [-0.4, -0.2) is 37.8 Å². The van der Waals surface area contributed by atoms with Gasteiger partial charge >= 0.3 is 6.18 Å². The summed E-state index contributed by atoms with van der Waals surface area (Å²) >= 11 is 0. The van der Waals surface area contributed by atoms with Crippen molar-refractivity contribution in [1.82, 2.24) is 24.5 Å². The van der Waals surface area contributed by atoms with E-state index in [1.807, 2.05) is 12.1 Å². The molecule has 0 aliphatic carbocycles. The molecule has 0 saturated carbocycles. The summed E-state index contributed by atoms with van der Waals surface area (Å²) in [7, 11) is 1.55. The molecule has 0 aliphatic heterocycles. The van der Waals surface area contributed by atoms with Crippen LogP contribution in [0.2, 0.25) is 0 Å². The van der Waals surface area contributed by atoms with Crippen LogP contribution in [0.3, 0.4) is 0 Å².